The highest BCUT2D eigenvalue weighted by atomic mass is 32.1. The summed E-state index contributed by atoms with van der Waals surface area (Å²) in [6, 6.07) is 7.72. The predicted octanol–water partition coefficient (Wildman–Crippen LogP) is 3.14. The van der Waals surface area contributed by atoms with Crippen LogP contribution in [-0.4, -0.2) is 30.6 Å². The van der Waals surface area contributed by atoms with E-state index >= 15 is 0 Å². The Morgan fingerprint density at radius 1 is 1.24 bits per heavy atom. The molecule has 0 aliphatic carbocycles. The zero-order valence-electron chi connectivity index (χ0n) is 14.6. The molecule has 2 aromatic rings. The van der Waals surface area contributed by atoms with Gasteiger partial charge in [-0.15, -0.1) is 11.3 Å². The maximum atomic E-state index is 12.0. The van der Waals surface area contributed by atoms with Crippen molar-refractivity contribution in [2.24, 2.45) is 0 Å². The van der Waals surface area contributed by atoms with Gasteiger partial charge in [0.2, 0.25) is 0 Å². The van der Waals surface area contributed by atoms with E-state index in [1.165, 1.54) is 24.0 Å². The minimum absolute atomic E-state index is 0.0991. The number of amides is 1. The van der Waals surface area contributed by atoms with Gasteiger partial charge in [0.05, 0.1) is 19.2 Å². The van der Waals surface area contributed by atoms with Crippen LogP contribution in [0.1, 0.15) is 29.5 Å². The molecular weight excluding hydrogens is 340 g/mol. The zero-order valence-corrected chi connectivity index (χ0v) is 15.4. The first-order valence-corrected chi connectivity index (χ1v) is 8.88. The number of benzene rings is 1. The van der Waals surface area contributed by atoms with Gasteiger partial charge in [-0.2, -0.15) is 0 Å². The van der Waals surface area contributed by atoms with Gasteiger partial charge in [0, 0.05) is 4.88 Å². The molecule has 0 bridgehead atoms. The Balaban J connectivity index is 1.85. The molecule has 1 aromatic carbocycles. The van der Waals surface area contributed by atoms with Crippen LogP contribution >= 0.6 is 11.3 Å². The molecule has 1 heterocycles. The first-order chi connectivity index (χ1) is 12.0. The SMILES string of the molecule is CCCc1ccc(OCC(=O)Nc2nc(C)c(CC(=O)OC)s2)cc1. The van der Waals surface area contributed by atoms with Gasteiger partial charge in [-0.3, -0.25) is 14.9 Å². The van der Waals surface area contributed by atoms with Crippen LogP contribution in [0.3, 0.4) is 0 Å². The van der Waals surface area contributed by atoms with Gasteiger partial charge in [0.15, 0.2) is 11.7 Å². The lowest BCUT2D eigenvalue weighted by atomic mass is 10.1. The van der Waals surface area contributed by atoms with Crippen molar-refractivity contribution < 1.29 is 19.1 Å². The van der Waals surface area contributed by atoms with E-state index in [2.05, 4.69) is 22.0 Å². The lowest BCUT2D eigenvalue weighted by Gasteiger charge is -2.06. The van der Waals surface area contributed by atoms with Crippen molar-refractivity contribution in [2.75, 3.05) is 19.0 Å². The van der Waals surface area contributed by atoms with Crippen molar-refractivity contribution in [1.82, 2.24) is 4.98 Å². The third-order valence-electron chi connectivity index (χ3n) is 3.50. The summed E-state index contributed by atoms with van der Waals surface area (Å²) >= 11 is 1.26. The highest BCUT2D eigenvalue weighted by Gasteiger charge is 2.14. The first-order valence-electron chi connectivity index (χ1n) is 8.06. The summed E-state index contributed by atoms with van der Waals surface area (Å²) in [5, 5.41) is 3.14. The van der Waals surface area contributed by atoms with Gasteiger partial charge in [0.25, 0.3) is 5.91 Å². The summed E-state index contributed by atoms with van der Waals surface area (Å²) in [6.07, 6.45) is 2.27. The van der Waals surface area contributed by atoms with E-state index in [4.69, 9.17) is 4.74 Å². The molecule has 0 spiro atoms. The number of nitrogens with one attached hydrogen (secondary N) is 1. The molecule has 25 heavy (non-hydrogen) atoms. The largest absolute Gasteiger partial charge is 0.484 e. The first kappa shape index (κ1) is 18.9. The van der Waals surface area contributed by atoms with Gasteiger partial charge in [0.1, 0.15) is 5.75 Å². The number of anilines is 1. The summed E-state index contributed by atoms with van der Waals surface area (Å²) in [6.45, 7) is 3.82. The number of nitrogens with zero attached hydrogens (tertiary/aromatic N) is 1. The second-order valence-corrected chi connectivity index (χ2v) is 6.59. The smallest absolute Gasteiger partial charge is 0.310 e. The summed E-state index contributed by atoms with van der Waals surface area (Å²) in [5.41, 5.74) is 1.95. The molecule has 6 nitrogen and oxygen atoms in total. The molecular formula is C18H22N2O4S. The maximum Gasteiger partial charge on any atom is 0.310 e. The number of ether oxygens (including phenoxy) is 2. The van der Waals surface area contributed by atoms with Gasteiger partial charge >= 0.3 is 5.97 Å². The molecule has 7 heteroatoms. The maximum absolute atomic E-state index is 12.0. The van der Waals surface area contributed by atoms with Crippen molar-refractivity contribution in [2.45, 2.75) is 33.1 Å². The average Bonchev–Trinajstić information content (AvgIpc) is 2.93. The van der Waals surface area contributed by atoms with Crippen LogP contribution in [-0.2, 0) is 27.2 Å². The Morgan fingerprint density at radius 3 is 2.60 bits per heavy atom. The van der Waals surface area contributed by atoms with E-state index in [9.17, 15) is 9.59 Å². The third-order valence-corrected chi connectivity index (χ3v) is 4.58. The summed E-state index contributed by atoms with van der Waals surface area (Å²) in [5.74, 6) is 0.0205. The normalized spacial score (nSPS) is 10.4. The van der Waals surface area contributed by atoms with E-state index in [0.29, 0.717) is 16.6 Å². The number of methoxy groups -OCH3 is 1. The second kappa shape index (κ2) is 9.17. The average molecular weight is 362 g/mol. The minimum Gasteiger partial charge on any atom is -0.484 e. The molecule has 0 radical (unpaired) electrons. The molecule has 0 saturated heterocycles. The number of hydrogen-bond acceptors (Lipinski definition) is 6. The molecule has 0 fully saturated rings. The fourth-order valence-corrected chi connectivity index (χ4v) is 3.16. The van der Waals surface area contributed by atoms with Crippen molar-refractivity contribution in [3.63, 3.8) is 0 Å². The second-order valence-electron chi connectivity index (χ2n) is 5.51. The van der Waals surface area contributed by atoms with Crippen LogP contribution < -0.4 is 10.1 Å². The van der Waals surface area contributed by atoms with Crippen LogP contribution in [0.15, 0.2) is 24.3 Å². The molecule has 1 amide bonds. The number of carbonyl (C=O) groups excluding carboxylic acids is 2. The summed E-state index contributed by atoms with van der Waals surface area (Å²) < 4.78 is 10.1. The Labute approximate surface area is 151 Å². The van der Waals surface area contributed by atoms with Gasteiger partial charge in [-0.1, -0.05) is 25.5 Å². The van der Waals surface area contributed by atoms with Crippen LogP contribution in [0, 0.1) is 6.92 Å². The predicted molar refractivity (Wildman–Crippen MR) is 97.1 cm³/mol. The fraction of sp³-hybridized carbons (Fsp3) is 0.389. The van der Waals surface area contributed by atoms with Crippen LogP contribution in [0.4, 0.5) is 5.13 Å². The number of esters is 1. The number of thiazole rings is 1. The molecule has 0 aliphatic heterocycles. The van der Waals surface area contributed by atoms with Crippen LogP contribution in [0.25, 0.3) is 0 Å². The number of carbonyl (C=O) groups is 2. The number of hydrogen-bond donors (Lipinski definition) is 1. The zero-order chi connectivity index (χ0) is 18.2. The Kier molecular flexibility index (Phi) is 6.94. The van der Waals surface area contributed by atoms with Gasteiger partial charge in [-0.05, 0) is 31.0 Å². The van der Waals surface area contributed by atoms with Crippen molar-refractivity contribution >= 4 is 28.3 Å². The fourth-order valence-electron chi connectivity index (χ4n) is 2.19. The molecule has 0 aliphatic rings. The Morgan fingerprint density at radius 2 is 1.96 bits per heavy atom. The molecule has 2 rings (SSSR count). The van der Waals surface area contributed by atoms with Crippen LogP contribution in [0.2, 0.25) is 0 Å². The lowest BCUT2D eigenvalue weighted by molar-refractivity contribution is -0.139. The van der Waals surface area contributed by atoms with E-state index in [1.807, 2.05) is 24.3 Å². The highest BCUT2D eigenvalue weighted by molar-refractivity contribution is 7.16. The molecule has 0 saturated carbocycles. The molecule has 0 unspecified atom stereocenters. The third kappa shape index (κ3) is 5.86. The number of rotatable bonds is 8. The van der Waals surface area contributed by atoms with E-state index in [1.54, 1.807) is 6.92 Å². The summed E-state index contributed by atoms with van der Waals surface area (Å²) in [7, 11) is 1.34. The van der Waals surface area contributed by atoms with E-state index in [0.717, 1.165) is 17.7 Å². The van der Waals surface area contributed by atoms with E-state index < -0.39 is 0 Å². The molecule has 134 valence electrons. The lowest BCUT2D eigenvalue weighted by Crippen LogP contribution is -2.20. The molecule has 1 N–H and O–H groups in total. The van der Waals surface area contributed by atoms with Crippen LogP contribution in [0.5, 0.6) is 5.75 Å². The topological polar surface area (TPSA) is 77.5 Å². The monoisotopic (exact) mass is 362 g/mol. The number of aromatic nitrogens is 1. The minimum atomic E-state index is -0.334. The Bertz CT molecular complexity index is 725. The molecule has 0 atom stereocenters. The highest BCUT2D eigenvalue weighted by Crippen LogP contribution is 2.23. The van der Waals surface area contributed by atoms with Crippen molar-refractivity contribution in [3.8, 4) is 5.75 Å². The molecule has 1 aromatic heterocycles. The Hall–Kier alpha value is -2.41. The van der Waals surface area contributed by atoms with Crippen molar-refractivity contribution in [1.29, 1.82) is 0 Å². The standard InChI is InChI=1S/C18H22N2O4S/c1-4-5-13-6-8-14(9-7-13)24-11-16(21)20-18-19-12(2)15(25-18)10-17(22)23-3/h6-9H,4-5,10-11H2,1-3H3,(H,19,20,21). The van der Waals surface area contributed by atoms with Crippen molar-refractivity contribution in [3.05, 3.63) is 40.4 Å². The van der Waals surface area contributed by atoms with Gasteiger partial charge < -0.3 is 9.47 Å². The van der Waals surface area contributed by atoms with Gasteiger partial charge in [-0.25, -0.2) is 4.98 Å². The quantitative estimate of drug-likeness (QED) is 0.730. The van der Waals surface area contributed by atoms with E-state index in [-0.39, 0.29) is 24.9 Å². The summed E-state index contributed by atoms with van der Waals surface area (Å²) in [4.78, 5) is 28.4. The number of aryl methyl sites for hydroxylation is 2.